The normalized spacial score (nSPS) is 26.1. The number of aryl methyl sites for hydroxylation is 2. The van der Waals surface area contributed by atoms with Crippen LogP contribution in [0.3, 0.4) is 0 Å². The molecule has 0 radical (unpaired) electrons. The first kappa shape index (κ1) is 35.2. The van der Waals surface area contributed by atoms with Gasteiger partial charge in [0.15, 0.2) is 17.3 Å². The van der Waals surface area contributed by atoms with E-state index in [-0.39, 0.29) is 41.8 Å². The average Bonchev–Trinajstić information content (AvgIpc) is 2.91. The molecule has 4 nitrogen and oxygen atoms in total. The Kier molecular flexibility index (Phi) is 10.4. The first-order valence-electron chi connectivity index (χ1n) is 16.0. The number of ketones is 3. The van der Waals surface area contributed by atoms with E-state index in [1.54, 1.807) is 6.07 Å². The molecule has 1 aromatic rings. The molecule has 2 saturated carbocycles. The highest BCUT2D eigenvalue weighted by Gasteiger charge is 2.74. The Bertz CT molecular complexity index is 1480. The van der Waals surface area contributed by atoms with Gasteiger partial charge in [0, 0.05) is 5.56 Å². The van der Waals surface area contributed by atoms with Crippen molar-refractivity contribution in [2.24, 2.45) is 28.1 Å². The fourth-order valence-corrected chi connectivity index (χ4v) is 7.30. The Morgan fingerprint density at radius 2 is 1.50 bits per heavy atom. The van der Waals surface area contributed by atoms with Gasteiger partial charge in [0.1, 0.15) is 16.7 Å². The van der Waals surface area contributed by atoms with Gasteiger partial charge in [-0.15, -0.1) is 0 Å². The van der Waals surface area contributed by atoms with E-state index in [0.717, 1.165) is 33.4 Å². The van der Waals surface area contributed by atoms with Crippen LogP contribution in [-0.4, -0.2) is 22.5 Å². The van der Waals surface area contributed by atoms with Gasteiger partial charge in [0.2, 0.25) is 0 Å². The predicted octanol–water partition coefficient (Wildman–Crippen LogP) is 9.96. The van der Waals surface area contributed by atoms with Crippen molar-refractivity contribution in [3.8, 4) is 0 Å². The fourth-order valence-electron chi connectivity index (χ4n) is 7.30. The molecular formula is C40H54O4. The van der Waals surface area contributed by atoms with Gasteiger partial charge in [-0.05, 0) is 129 Å². The summed E-state index contributed by atoms with van der Waals surface area (Å²) in [6.07, 6.45) is 8.35. The summed E-state index contributed by atoms with van der Waals surface area (Å²) in [5.41, 5.74) is 2.66. The third kappa shape index (κ3) is 6.14. The van der Waals surface area contributed by atoms with E-state index in [1.165, 1.54) is 0 Å². The molecule has 2 bridgehead atoms. The molecule has 4 unspecified atom stereocenters. The third-order valence-corrected chi connectivity index (χ3v) is 10.6. The number of allylic oxidation sites excluding steroid dienone is 8. The summed E-state index contributed by atoms with van der Waals surface area (Å²) < 4.78 is 0. The topological polar surface area (TPSA) is 71.4 Å². The molecule has 0 spiro atoms. The number of carbonyl (C=O) groups excluding carboxylic acids is 3. The minimum Gasteiger partial charge on any atom is -0.506 e. The van der Waals surface area contributed by atoms with E-state index in [0.29, 0.717) is 24.8 Å². The molecule has 0 heterocycles. The zero-order valence-corrected chi connectivity index (χ0v) is 29.0. The number of Topliss-reactive ketones (excluding diaryl/α,β-unsaturated/α-hetero) is 3. The number of fused-ring (bicyclic) bond motifs is 2. The Hall–Kier alpha value is -3.27. The van der Waals surface area contributed by atoms with E-state index >= 15 is 9.59 Å². The van der Waals surface area contributed by atoms with Gasteiger partial charge >= 0.3 is 0 Å². The number of hydrogen-bond donors (Lipinski definition) is 1. The first-order chi connectivity index (χ1) is 20.3. The average molecular weight is 599 g/mol. The SMILES string of the molecule is C=C(C)C(CC=C(C)C)CC12CC(CC=C(C)C)C(C)(C)C(CC=C(C)C)(C(=O)C(=C(O)c3ccc(C)c(C)c3)C1=O)C2=O. The number of rotatable bonds is 10. The quantitative estimate of drug-likeness (QED) is 0.0956. The van der Waals surface area contributed by atoms with Crippen LogP contribution in [0.2, 0.25) is 0 Å². The van der Waals surface area contributed by atoms with Gasteiger partial charge in [-0.2, -0.15) is 0 Å². The Morgan fingerprint density at radius 3 is 2.02 bits per heavy atom. The molecule has 2 aliphatic rings. The van der Waals surface area contributed by atoms with Crippen LogP contribution in [0.25, 0.3) is 5.76 Å². The minimum atomic E-state index is -1.50. The van der Waals surface area contributed by atoms with Crippen molar-refractivity contribution in [1.82, 2.24) is 0 Å². The predicted molar refractivity (Wildman–Crippen MR) is 182 cm³/mol. The highest BCUT2D eigenvalue weighted by atomic mass is 16.3. The van der Waals surface area contributed by atoms with Crippen molar-refractivity contribution < 1.29 is 19.5 Å². The Labute approximate surface area is 266 Å². The molecule has 238 valence electrons. The van der Waals surface area contributed by atoms with Crippen LogP contribution >= 0.6 is 0 Å². The lowest BCUT2D eigenvalue weighted by Crippen LogP contribution is -2.69. The Morgan fingerprint density at radius 1 is 0.909 bits per heavy atom. The van der Waals surface area contributed by atoms with Crippen LogP contribution in [0.15, 0.2) is 70.9 Å². The molecular weight excluding hydrogens is 544 g/mol. The van der Waals surface area contributed by atoms with Gasteiger partial charge in [0.05, 0.1) is 5.41 Å². The van der Waals surface area contributed by atoms with E-state index in [9.17, 15) is 9.90 Å². The lowest BCUT2D eigenvalue weighted by atomic mass is 9.38. The van der Waals surface area contributed by atoms with Crippen LogP contribution in [0.1, 0.15) is 111 Å². The smallest absolute Gasteiger partial charge is 0.184 e. The molecule has 0 aromatic heterocycles. The molecule has 44 heavy (non-hydrogen) atoms. The molecule has 0 amide bonds. The van der Waals surface area contributed by atoms with Crippen LogP contribution in [0.4, 0.5) is 0 Å². The maximum Gasteiger partial charge on any atom is 0.184 e. The van der Waals surface area contributed by atoms with Crippen molar-refractivity contribution in [3.05, 3.63) is 87.6 Å². The van der Waals surface area contributed by atoms with Gasteiger partial charge in [-0.3, -0.25) is 14.4 Å². The van der Waals surface area contributed by atoms with Gasteiger partial charge in [0.25, 0.3) is 0 Å². The van der Waals surface area contributed by atoms with Gasteiger partial charge < -0.3 is 5.11 Å². The van der Waals surface area contributed by atoms with Gasteiger partial charge in [-0.25, -0.2) is 0 Å². The number of hydrogen-bond acceptors (Lipinski definition) is 4. The molecule has 2 fully saturated rings. The number of carbonyl (C=O) groups is 3. The minimum absolute atomic E-state index is 0.104. The van der Waals surface area contributed by atoms with E-state index in [1.807, 2.05) is 94.4 Å². The summed E-state index contributed by atoms with van der Waals surface area (Å²) >= 11 is 0. The van der Waals surface area contributed by atoms with E-state index in [4.69, 9.17) is 0 Å². The summed E-state index contributed by atoms with van der Waals surface area (Å²) in [6, 6.07) is 5.45. The second-order valence-corrected chi connectivity index (χ2v) is 14.9. The molecule has 0 saturated heterocycles. The summed E-state index contributed by atoms with van der Waals surface area (Å²) in [6.45, 7) is 26.3. The van der Waals surface area contributed by atoms with Crippen molar-refractivity contribution in [2.45, 2.75) is 108 Å². The van der Waals surface area contributed by atoms with Crippen LogP contribution in [-0.2, 0) is 14.4 Å². The summed E-state index contributed by atoms with van der Waals surface area (Å²) in [4.78, 5) is 45.2. The fraction of sp³-hybridized carbons (Fsp3) is 0.525. The lowest BCUT2D eigenvalue weighted by molar-refractivity contribution is -0.177. The van der Waals surface area contributed by atoms with E-state index in [2.05, 4.69) is 18.7 Å². The van der Waals surface area contributed by atoms with Crippen molar-refractivity contribution in [3.63, 3.8) is 0 Å². The van der Waals surface area contributed by atoms with Crippen molar-refractivity contribution in [2.75, 3.05) is 0 Å². The third-order valence-electron chi connectivity index (χ3n) is 10.6. The van der Waals surface area contributed by atoms with Crippen molar-refractivity contribution in [1.29, 1.82) is 0 Å². The molecule has 4 heteroatoms. The second-order valence-electron chi connectivity index (χ2n) is 14.9. The van der Waals surface area contributed by atoms with Crippen LogP contribution in [0.5, 0.6) is 0 Å². The molecule has 1 N–H and O–H groups in total. The number of aliphatic hydroxyl groups is 1. The van der Waals surface area contributed by atoms with Crippen molar-refractivity contribution >= 4 is 23.1 Å². The number of aliphatic hydroxyl groups excluding tert-OH is 1. The zero-order valence-electron chi connectivity index (χ0n) is 29.0. The maximum atomic E-state index is 15.2. The first-order valence-corrected chi connectivity index (χ1v) is 16.0. The molecule has 4 atom stereocenters. The molecule has 3 rings (SSSR count). The highest BCUT2D eigenvalue weighted by molar-refractivity contribution is 6.41. The Balaban J connectivity index is 2.47. The highest BCUT2D eigenvalue weighted by Crippen LogP contribution is 2.66. The number of benzene rings is 1. The molecule has 1 aromatic carbocycles. The zero-order chi connectivity index (χ0) is 33.4. The molecule has 2 aliphatic carbocycles. The standard InChI is InChI=1S/C40H54O4/c1-24(2)13-16-31(27(7)8)22-39-23-32(18-14-25(3)4)38(11,12)40(37(39)44,20-19-26(5)6)36(43)33(35(39)42)34(41)30-17-15-28(9)29(10)21-30/h13-15,17,19,21,31-32,41H,7,16,18,20,22-23H2,1-6,8-12H3. The largest absolute Gasteiger partial charge is 0.506 e. The summed E-state index contributed by atoms with van der Waals surface area (Å²) in [5.74, 6) is -1.92. The van der Waals surface area contributed by atoms with E-state index < -0.39 is 27.8 Å². The van der Waals surface area contributed by atoms with Gasteiger partial charge in [-0.1, -0.05) is 73.1 Å². The summed E-state index contributed by atoms with van der Waals surface area (Å²) in [7, 11) is 0. The lowest BCUT2D eigenvalue weighted by Gasteiger charge is -2.60. The molecule has 0 aliphatic heterocycles. The van der Waals surface area contributed by atoms with Crippen LogP contribution < -0.4 is 0 Å². The summed E-state index contributed by atoms with van der Waals surface area (Å²) in [5, 5.41) is 11.9. The monoisotopic (exact) mass is 598 g/mol. The second kappa shape index (κ2) is 13.0. The van der Waals surface area contributed by atoms with Crippen LogP contribution in [0, 0.1) is 41.9 Å². The maximum absolute atomic E-state index is 15.2.